The van der Waals surface area contributed by atoms with Crippen molar-refractivity contribution in [3.8, 4) is 0 Å². The molecule has 18 heavy (non-hydrogen) atoms. The third kappa shape index (κ3) is 3.05. The van der Waals surface area contributed by atoms with Crippen molar-refractivity contribution in [2.45, 2.75) is 52.0 Å². The smallest absolute Gasteiger partial charge is 0.222 e. The first kappa shape index (κ1) is 13.9. The van der Waals surface area contributed by atoms with Crippen molar-refractivity contribution in [1.82, 2.24) is 10.2 Å². The molecule has 3 heteroatoms. The lowest BCUT2D eigenvalue weighted by Gasteiger charge is -2.23. The number of carbonyl (C=O) groups excluding carboxylic acids is 1. The van der Waals surface area contributed by atoms with E-state index in [2.05, 4.69) is 31.1 Å². The molecule has 1 saturated carbocycles. The topological polar surface area (TPSA) is 32.3 Å². The minimum atomic E-state index is 0.382. The van der Waals surface area contributed by atoms with Gasteiger partial charge in [0.05, 0.1) is 0 Å². The minimum Gasteiger partial charge on any atom is -0.342 e. The Kier molecular flexibility index (Phi) is 4.66. The first-order valence-corrected chi connectivity index (χ1v) is 7.57. The van der Waals surface area contributed by atoms with Crippen molar-refractivity contribution in [1.29, 1.82) is 0 Å². The maximum absolute atomic E-state index is 12.0. The van der Waals surface area contributed by atoms with Crippen LogP contribution in [0.1, 0.15) is 46.0 Å². The SMILES string of the molecule is CNC1CCCC1CCN1CC(C(C)C)CC1=O. The number of nitrogens with one attached hydrogen (secondary N) is 1. The van der Waals surface area contributed by atoms with E-state index in [1.165, 1.54) is 25.7 Å². The quantitative estimate of drug-likeness (QED) is 0.814. The number of hydrogen-bond donors (Lipinski definition) is 1. The van der Waals surface area contributed by atoms with Gasteiger partial charge in [-0.1, -0.05) is 20.3 Å². The third-order valence-electron chi connectivity index (χ3n) is 4.99. The van der Waals surface area contributed by atoms with Crippen molar-refractivity contribution in [3.05, 3.63) is 0 Å². The molecule has 3 atom stereocenters. The minimum absolute atomic E-state index is 0.382. The summed E-state index contributed by atoms with van der Waals surface area (Å²) in [5, 5.41) is 3.42. The van der Waals surface area contributed by atoms with Crippen LogP contribution in [0.25, 0.3) is 0 Å². The fourth-order valence-corrected chi connectivity index (χ4v) is 3.55. The third-order valence-corrected chi connectivity index (χ3v) is 4.99. The Hall–Kier alpha value is -0.570. The van der Waals surface area contributed by atoms with Crippen molar-refractivity contribution in [3.63, 3.8) is 0 Å². The van der Waals surface area contributed by atoms with E-state index >= 15 is 0 Å². The fourth-order valence-electron chi connectivity index (χ4n) is 3.55. The molecule has 3 nitrogen and oxygen atoms in total. The zero-order valence-corrected chi connectivity index (χ0v) is 12.1. The Morgan fingerprint density at radius 2 is 2.17 bits per heavy atom. The van der Waals surface area contributed by atoms with E-state index in [1.807, 2.05) is 0 Å². The molecular formula is C15H28N2O. The monoisotopic (exact) mass is 252 g/mol. The van der Waals surface area contributed by atoms with Crippen LogP contribution in [0.5, 0.6) is 0 Å². The van der Waals surface area contributed by atoms with Crippen LogP contribution in [0.3, 0.4) is 0 Å². The Bertz CT molecular complexity index is 290. The van der Waals surface area contributed by atoms with E-state index in [0.29, 0.717) is 23.8 Å². The molecule has 2 aliphatic rings. The van der Waals surface area contributed by atoms with E-state index in [4.69, 9.17) is 0 Å². The van der Waals surface area contributed by atoms with Gasteiger partial charge in [-0.25, -0.2) is 0 Å². The van der Waals surface area contributed by atoms with Crippen LogP contribution < -0.4 is 5.32 Å². The summed E-state index contributed by atoms with van der Waals surface area (Å²) in [6.45, 7) is 6.43. The molecule has 0 aromatic carbocycles. The maximum atomic E-state index is 12.0. The van der Waals surface area contributed by atoms with Crippen LogP contribution >= 0.6 is 0 Å². The van der Waals surface area contributed by atoms with Gasteiger partial charge in [-0.3, -0.25) is 4.79 Å². The summed E-state index contributed by atoms with van der Waals surface area (Å²) < 4.78 is 0. The number of likely N-dealkylation sites (tertiary alicyclic amines) is 1. The zero-order valence-electron chi connectivity index (χ0n) is 12.1. The molecule has 0 bridgehead atoms. The maximum Gasteiger partial charge on any atom is 0.222 e. The van der Waals surface area contributed by atoms with Gasteiger partial charge in [0.2, 0.25) is 5.91 Å². The van der Waals surface area contributed by atoms with Crippen LogP contribution in [-0.2, 0) is 4.79 Å². The first-order valence-electron chi connectivity index (χ1n) is 7.57. The molecule has 0 aromatic heterocycles. The van der Waals surface area contributed by atoms with Crippen molar-refractivity contribution >= 4 is 5.91 Å². The van der Waals surface area contributed by atoms with Crippen molar-refractivity contribution in [2.75, 3.05) is 20.1 Å². The van der Waals surface area contributed by atoms with Gasteiger partial charge in [0.25, 0.3) is 0 Å². The van der Waals surface area contributed by atoms with E-state index in [-0.39, 0.29) is 0 Å². The highest BCUT2D eigenvalue weighted by Gasteiger charge is 2.32. The van der Waals surface area contributed by atoms with Gasteiger partial charge in [-0.05, 0) is 44.1 Å². The molecule has 0 spiro atoms. The predicted molar refractivity (Wildman–Crippen MR) is 74.3 cm³/mol. The lowest BCUT2D eigenvalue weighted by Crippen LogP contribution is -2.33. The molecule has 1 amide bonds. The number of carbonyl (C=O) groups is 1. The summed E-state index contributed by atoms with van der Waals surface area (Å²) in [7, 11) is 2.07. The molecule has 0 radical (unpaired) electrons. The van der Waals surface area contributed by atoms with E-state index in [9.17, 15) is 4.79 Å². The highest BCUT2D eigenvalue weighted by Crippen LogP contribution is 2.30. The summed E-state index contributed by atoms with van der Waals surface area (Å²) >= 11 is 0. The van der Waals surface area contributed by atoms with Crippen LogP contribution in [-0.4, -0.2) is 37.0 Å². The van der Waals surface area contributed by atoms with Gasteiger partial charge in [0.15, 0.2) is 0 Å². The van der Waals surface area contributed by atoms with Crippen LogP contribution in [0, 0.1) is 17.8 Å². The van der Waals surface area contributed by atoms with Crippen molar-refractivity contribution in [2.24, 2.45) is 17.8 Å². The Morgan fingerprint density at radius 1 is 1.39 bits per heavy atom. The molecule has 3 unspecified atom stereocenters. The molecule has 1 aliphatic carbocycles. The fraction of sp³-hybridized carbons (Fsp3) is 0.933. The summed E-state index contributed by atoms with van der Waals surface area (Å²) in [5.41, 5.74) is 0. The van der Waals surface area contributed by atoms with Crippen LogP contribution in [0.2, 0.25) is 0 Å². The molecule has 1 saturated heterocycles. The van der Waals surface area contributed by atoms with Crippen LogP contribution in [0.4, 0.5) is 0 Å². The van der Waals surface area contributed by atoms with Gasteiger partial charge >= 0.3 is 0 Å². The second-order valence-electron chi connectivity index (χ2n) is 6.42. The average Bonchev–Trinajstić information content (AvgIpc) is 2.92. The highest BCUT2D eigenvalue weighted by atomic mass is 16.2. The molecule has 104 valence electrons. The van der Waals surface area contributed by atoms with Gasteiger partial charge in [0, 0.05) is 25.6 Å². The molecule has 2 fully saturated rings. The van der Waals surface area contributed by atoms with E-state index in [0.717, 1.165) is 25.4 Å². The Labute approximate surface area is 111 Å². The second kappa shape index (κ2) is 6.05. The van der Waals surface area contributed by atoms with Crippen molar-refractivity contribution < 1.29 is 4.79 Å². The van der Waals surface area contributed by atoms with E-state index < -0.39 is 0 Å². The van der Waals surface area contributed by atoms with Gasteiger partial charge in [-0.15, -0.1) is 0 Å². The first-order chi connectivity index (χ1) is 8.61. The summed E-state index contributed by atoms with van der Waals surface area (Å²) in [5.74, 6) is 2.38. The zero-order chi connectivity index (χ0) is 13.1. The number of rotatable bonds is 5. The molecule has 2 rings (SSSR count). The Balaban J connectivity index is 1.78. The lowest BCUT2D eigenvalue weighted by atomic mass is 9.95. The molecule has 0 aromatic rings. The number of nitrogens with zero attached hydrogens (tertiary/aromatic N) is 1. The van der Waals surface area contributed by atoms with E-state index in [1.54, 1.807) is 0 Å². The molecule has 1 N–H and O–H groups in total. The molecule has 1 heterocycles. The molecular weight excluding hydrogens is 224 g/mol. The second-order valence-corrected chi connectivity index (χ2v) is 6.42. The highest BCUT2D eigenvalue weighted by molar-refractivity contribution is 5.78. The average molecular weight is 252 g/mol. The summed E-state index contributed by atoms with van der Waals surface area (Å²) in [4.78, 5) is 14.1. The number of hydrogen-bond acceptors (Lipinski definition) is 2. The lowest BCUT2D eigenvalue weighted by molar-refractivity contribution is -0.127. The molecule has 1 aliphatic heterocycles. The van der Waals surface area contributed by atoms with Crippen LogP contribution in [0.15, 0.2) is 0 Å². The standard InChI is InChI=1S/C15H28N2O/c1-11(2)13-9-15(18)17(10-13)8-7-12-5-4-6-14(12)16-3/h11-14,16H,4-10H2,1-3H3. The van der Waals surface area contributed by atoms with Gasteiger partial charge in [-0.2, -0.15) is 0 Å². The summed E-state index contributed by atoms with van der Waals surface area (Å²) in [6, 6.07) is 0.684. The van der Waals surface area contributed by atoms with Gasteiger partial charge in [0.1, 0.15) is 0 Å². The van der Waals surface area contributed by atoms with Gasteiger partial charge < -0.3 is 10.2 Å². The number of amides is 1. The Morgan fingerprint density at radius 3 is 2.78 bits per heavy atom. The normalized spacial score (nSPS) is 32.8. The predicted octanol–water partition coefficient (Wildman–Crippen LogP) is 2.27. The summed E-state index contributed by atoms with van der Waals surface area (Å²) in [6.07, 6.45) is 5.95. The largest absolute Gasteiger partial charge is 0.342 e.